The second-order valence-corrected chi connectivity index (χ2v) is 15.3. The van der Waals surface area contributed by atoms with Gasteiger partial charge in [-0.15, -0.1) is 0 Å². The van der Waals surface area contributed by atoms with E-state index < -0.39 is 28.5 Å². The lowest BCUT2D eigenvalue weighted by Gasteiger charge is -2.23. The average Bonchev–Trinajstić information content (AvgIpc) is 3.18. The summed E-state index contributed by atoms with van der Waals surface area (Å²) in [5, 5.41) is 8.75. The molecule has 0 atom stereocenters. The third-order valence-electron chi connectivity index (χ3n) is 8.30. The van der Waals surface area contributed by atoms with Gasteiger partial charge in [0.25, 0.3) is 0 Å². The molecule has 7 rings (SSSR count). The Balaban J connectivity index is 1.38. The first-order valence-corrected chi connectivity index (χ1v) is 17.5. The normalized spacial score (nSPS) is 13.8. The van der Waals surface area contributed by atoms with E-state index in [1.54, 1.807) is 12.1 Å². The Morgan fingerprint density at radius 2 is 1.10 bits per heavy atom. The van der Waals surface area contributed by atoms with Gasteiger partial charge in [0.05, 0.1) is 5.56 Å². The number of hydrogen-bond acceptors (Lipinski definition) is 0. The van der Waals surface area contributed by atoms with Crippen molar-refractivity contribution in [2.24, 2.45) is 0 Å². The first kappa shape index (κ1) is 26.2. The smallest absolute Gasteiger partial charge is 0.166 e. The zero-order valence-electron chi connectivity index (χ0n) is 22.5. The molecule has 0 saturated heterocycles. The SMILES string of the molecule is C[Si](c1ccc(C(F)(F)F)cc1)c1ccccc1P1Cc2ccc3ccccc3c2-c2c(ccc3ccccc23)C1. The third kappa shape index (κ3) is 4.70. The van der Waals surface area contributed by atoms with Crippen LogP contribution in [0.4, 0.5) is 13.2 Å². The minimum absolute atomic E-state index is 0.592. The molecule has 41 heavy (non-hydrogen) atoms. The summed E-state index contributed by atoms with van der Waals surface area (Å²) in [7, 11) is -1.87. The van der Waals surface area contributed by atoms with Crippen LogP contribution in [-0.2, 0) is 18.5 Å². The highest BCUT2D eigenvalue weighted by Crippen LogP contribution is 2.52. The quantitative estimate of drug-likeness (QED) is 0.146. The van der Waals surface area contributed by atoms with E-state index in [9.17, 15) is 13.2 Å². The zero-order chi connectivity index (χ0) is 28.1. The molecule has 201 valence electrons. The second-order valence-electron chi connectivity index (χ2n) is 10.7. The summed E-state index contributed by atoms with van der Waals surface area (Å²) in [6.45, 7) is 2.21. The molecule has 0 fully saturated rings. The minimum Gasteiger partial charge on any atom is -0.166 e. The van der Waals surface area contributed by atoms with Crippen LogP contribution in [0.3, 0.4) is 0 Å². The monoisotopic (exact) mass is 575 g/mol. The van der Waals surface area contributed by atoms with Gasteiger partial charge in [0.1, 0.15) is 8.80 Å². The van der Waals surface area contributed by atoms with E-state index in [2.05, 4.69) is 104 Å². The van der Waals surface area contributed by atoms with Gasteiger partial charge in [-0.05, 0) is 66.6 Å². The molecule has 6 aromatic carbocycles. The predicted molar refractivity (Wildman–Crippen MR) is 170 cm³/mol. The highest BCUT2D eigenvalue weighted by molar-refractivity contribution is 7.64. The first-order valence-electron chi connectivity index (χ1n) is 13.8. The zero-order valence-corrected chi connectivity index (χ0v) is 24.4. The molecule has 1 heterocycles. The van der Waals surface area contributed by atoms with Gasteiger partial charge in [-0.25, -0.2) is 0 Å². The fraction of sp³-hybridized carbons (Fsp3) is 0.111. The fourth-order valence-electron chi connectivity index (χ4n) is 6.26. The number of benzene rings is 6. The molecular formula is C36H27F3PSi. The average molecular weight is 576 g/mol. The highest BCUT2D eigenvalue weighted by Gasteiger charge is 2.31. The van der Waals surface area contributed by atoms with Gasteiger partial charge in [0, 0.05) is 0 Å². The van der Waals surface area contributed by atoms with Crippen LogP contribution in [0, 0.1) is 0 Å². The second kappa shape index (κ2) is 10.3. The molecule has 0 N–H and O–H groups in total. The van der Waals surface area contributed by atoms with E-state index in [0.29, 0.717) is 0 Å². The lowest BCUT2D eigenvalue weighted by Crippen LogP contribution is -2.46. The summed E-state index contributed by atoms with van der Waals surface area (Å²) in [4.78, 5) is 0. The van der Waals surface area contributed by atoms with E-state index in [1.165, 1.54) is 66.4 Å². The van der Waals surface area contributed by atoms with E-state index in [4.69, 9.17) is 0 Å². The van der Waals surface area contributed by atoms with Crippen molar-refractivity contribution in [3.8, 4) is 11.1 Å². The lowest BCUT2D eigenvalue weighted by atomic mass is 9.88. The van der Waals surface area contributed by atoms with Crippen molar-refractivity contribution in [1.29, 1.82) is 0 Å². The molecule has 0 aromatic heterocycles. The molecule has 0 saturated carbocycles. The van der Waals surface area contributed by atoms with Crippen LogP contribution < -0.4 is 15.7 Å². The van der Waals surface area contributed by atoms with Crippen molar-refractivity contribution in [3.05, 3.63) is 138 Å². The maximum absolute atomic E-state index is 13.2. The number of halogens is 3. The van der Waals surface area contributed by atoms with Crippen molar-refractivity contribution in [1.82, 2.24) is 0 Å². The van der Waals surface area contributed by atoms with Gasteiger partial charge in [0.15, 0.2) is 0 Å². The van der Waals surface area contributed by atoms with Crippen LogP contribution >= 0.6 is 7.92 Å². The topological polar surface area (TPSA) is 0 Å². The maximum Gasteiger partial charge on any atom is 0.416 e. The van der Waals surface area contributed by atoms with Crippen molar-refractivity contribution in [2.45, 2.75) is 25.0 Å². The Kier molecular flexibility index (Phi) is 6.57. The Morgan fingerprint density at radius 3 is 1.66 bits per heavy atom. The van der Waals surface area contributed by atoms with Crippen LogP contribution in [0.5, 0.6) is 0 Å². The largest absolute Gasteiger partial charge is 0.416 e. The van der Waals surface area contributed by atoms with Gasteiger partial charge in [-0.2, -0.15) is 13.2 Å². The van der Waals surface area contributed by atoms with E-state index in [1.807, 2.05) is 0 Å². The Hall–Kier alpha value is -3.72. The van der Waals surface area contributed by atoms with Crippen LogP contribution in [0.1, 0.15) is 16.7 Å². The molecule has 0 bridgehead atoms. The van der Waals surface area contributed by atoms with E-state index >= 15 is 0 Å². The van der Waals surface area contributed by atoms with Gasteiger partial charge in [0.2, 0.25) is 0 Å². The van der Waals surface area contributed by atoms with Gasteiger partial charge >= 0.3 is 6.18 Å². The molecule has 0 unspecified atom stereocenters. The van der Waals surface area contributed by atoms with Gasteiger partial charge < -0.3 is 0 Å². The summed E-state index contributed by atoms with van der Waals surface area (Å²) >= 11 is 0. The van der Waals surface area contributed by atoms with E-state index in [0.717, 1.165) is 17.5 Å². The lowest BCUT2D eigenvalue weighted by molar-refractivity contribution is -0.137. The summed E-state index contributed by atoms with van der Waals surface area (Å²) in [5.74, 6) is 0. The van der Waals surface area contributed by atoms with Crippen LogP contribution in [0.25, 0.3) is 32.7 Å². The molecule has 1 radical (unpaired) electrons. The molecule has 1 aliphatic heterocycles. The number of hydrogen-bond donors (Lipinski definition) is 0. The van der Waals surface area contributed by atoms with Crippen LogP contribution in [0.15, 0.2) is 121 Å². The third-order valence-corrected chi connectivity index (χ3v) is 13.5. The van der Waals surface area contributed by atoms with Crippen molar-refractivity contribution in [2.75, 3.05) is 0 Å². The molecule has 1 aliphatic rings. The number of rotatable bonds is 3. The molecule has 6 aromatic rings. The van der Waals surface area contributed by atoms with Crippen molar-refractivity contribution >= 4 is 53.9 Å². The highest BCUT2D eigenvalue weighted by atomic mass is 31.1. The minimum atomic E-state index is -4.32. The molecule has 0 amide bonds. The summed E-state index contributed by atoms with van der Waals surface area (Å²) in [5.41, 5.74) is 4.85. The Morgan fingerprint density at radius 1 is 0.585 bits per heavy atom. The van der Waals surface area contributed by atoms with Crippen LogP contribution in [0.2, 0.25) is 6.55 Å². The molecule has 5 heteroatoms. The summed E-state index contributed by atoms with van der Waals surface area (Å²) in [6.07, 6.45) is -2.38. The predicted octanol–water partition coefficient (Wildman–Crippen LogP) is 8.74. The van der Waals surface area contributed by atoms with Crippen LogP contribution in [-0.4, -0.2) is 8.80 Å². The summed E-state index contributed by atoms with van der Waals surface area (Å²) in [6, 6.07) is 41.0. The first-order chi connectivity index (χ1) is 19.9. The molecule has 0 spiro atoms. The fourth-order valence-corrected chi connectivity index (χ4v) is 11.5. The Bertz CT molecular complexity index is 1820. The van der Waals surface area contributed by atoms with Gasteiger partial charge in [-0.3, -0.25) is 0 Å². The van der Waals surface area contributed by atoms with Gasteiger partial charge in [-0.1, -0.05) is 141 Å². The van der Waals surface area contributed by atoms with E-state index in [-0.39, 0.29) is 0 Å². The maximum atomic E-state index is 13.2. The molecular weight excluding hydrogens is 548 g/mol. The standard InChI is InChI=1S/C36H27F3PSi/c1-41(29-20-18-28(19-21-29)36(37,38)39)33-13-7-6-12-32(33)40-22-26-16-14-24-8-2-4-10-30(24)34(26)35-27(23-40)17-15-25-9-3-5-11-31(25)35/h2-21H,22-23H2,1H3. The summed E-state index contributed by atoms with van der Waals surface area (Å²) < 4.78 is 39.7. The molecule has 0 aliphatic carbocycles. The Labute approximate surface area is 240 Å². The van der Waals surface area contributed by atoms with Crippen molar-refractivity contribution < 1.29 is 13.2 Å². The molecule has 0 nitrogen and oxygen atoms in total. The van der Waals surface area contributed by atoms with Crippen molar-refractivity contribution in [3.63, 3.8) is 0 Å². The number of fused-ring (bicyclic) bond motifs is 7. The number of alkyl halides is 3.